The number of para-hydroxylation sites is 2. The van der Waals surface area contributed by atoms with Gasteiger partial charge < -0.3 is 14.3 Å². The SMILES string of the molecule is Cc1cc2c(cc1Nc1ccc3c(c1-c1cc4oc5ccccc5c4c4c1[B]c1cccc5c6c7ccccc7ccc6n-4c15)C(C)(C)c1ccccc1-3)C(C)(C)CCC2(C)C. The number of rotatable bonds is 3. The third-order valence-corrected chi connectivity index (χ3v) is 15.4. The maximum absolute atomic E-state index is 6.99. The number of benzene rings is 8. The summed E-state index contributed by atoms with van der Waals surface area (Å²) in [5, 5.41) is 11.5. The van der Waals surface area contributed by atoms with Crippen LogP contribution in [0, 0.1) is 6.92 Å². The van der Waals surface area contributed by atoms with Gasteiger partial charge in [0.1, 0.15) is 11.2 Å². The zero-order chi connectivity index (χ0) is 42.0. The van der Waals surface area contributed by atoms with E-state index in [0.29, 0.717) is 0 Å². The van der Waals surface area contributed by atoms with Crippen molar-refractivity contribution < 1.29 is 4.42 Å². The maximum atomic E-state index is 6.99. The smallest absolute Gasteiger partial charge is 0.197 e. The molecule has 0 saturated carbocycles. The summed E-state index contributed by atoms with van der Waals surface area (Å²) in [6.07, 6.45) is 2.36. The van der Waals surface area contributed by atoms with Gasteiger partial charge in [0, 0.05) is 44.0 Å². The minimum atomic E-state index is -0.273. The molecule has 13 rings (SSSR count). The van der Waals surface area contributed by atoms with Crippen molar-refractivity contribution in [2.24, 2.45) is 0 Å². The first kappa shape index (κ1) is 36.2. The molecule has 3 aliphatic rings. The first-order valence-electron chi connectivity index (χ1n) is 22.4. The van der Waals surface area contributed by atoms with Crippen LogP contribution in [-0.4, -0.2) is 11.8 Å². The second-order valence-electron chi connectivity index (χ2n) is 20.2. The summed E-state index contributed by atoms with van der Waals surface area (Å²) >= 11 is 0. The Labute approximate surface area is 363 Å². The zero-order valence-electron chi connectivity index (χ0n) is 36.5. The summed E-state index contributed by atoms with van der Waals surface area (Å²) in [5.74, 6) is 0. The minimum absolute atomic E-state index is 0.0866. The summed E-state index contributed by atoms with van der Waals surface area (Å²) in [4.78, 5) is 0. The van der Waals surface area contributed by atoms with Gasteiger partial charge in [0.25, 0.3) is 0 Å². The van der Waals surface area contributed by atoms with Crippen LogP contribution in [0.5, 0.6) is 0 Å². The summed E-state index contributed by atoms with van der Waals surface area (Å²) in [6, 6.07) is 50.0. The van der Waals surface area contributed by atoms with E-state index in [1.165, 1.54) is 118 Å². The Bertz CT molecular complexity index is 3630. The lowest BCUT2D eigenvalue weighted by atomic mass is 9.58. The summed E-state index contributed by atoms with van der Waals surface area (Å²) in [7, 11) is 2.47. The van der Waals surface area contributed by atoms with Crippen molar-refractivity contribution in [1.82, 2.24) is 4.57 Å². The molecule has 3 heterocycles. The van der Waals surface area contributed by atoms with Crippen LogP contribution in [0.4, 0.5) is 11.4 Å². The van der Waals surface area contributed by atoms with Crippen molar-refractivity contribution in [3.63, 3.8) is 0 Å². The first-order chi connectivity index (χ1) is 29.9. The van der Waals surface area contributed by atoms with Gasteiger partial charge in [0.15, 0.2) is 7.28 Å². The molecule has 0 spiro atoms. The lowest BCUT2D eigenvalue weighted by Crippen LogP contribution is -2.37. The van der Waals surface area contributed by atoms with E-state index in [1.54, 1.807) is 0 Å². The molecule has 0 bridgehead atoms. The van der Waals surface area contributed by atoms with Gasteiger partial charge in [-0.2, -0.15) is 0 Å². The summed E-state index contributed by atoms with van der Waals surface area (Å²) < 4.78 is 9.56. The van der Waals surface area contributed by atoms with Crippen LogP contribution in [-0.2, 0) is 16.2 Å². The molecule has 0 saturated heterocycles. The van der Waals surface area contributed by atoms with Crippen molar-refractivity contribution in [3.8, 4) is 27.9 Å². The number of nitrogens with one attached hydrogen (secondary N) is 1. The van der Waals surface area contributed by atoms with Gasteiger partial charge >= 0.3 is 0 Å². The predicted molar refractivity (Wildman–Crippen MR) is 263 cm³/mol. The molecule has 1 radical (unpaired) electrons. The molecule has 2 aliphatic carbocycles. The van der Waals surface area contributed by atoms with Gasteiger partial charge in [-0.25, -0.2) is 0 Å². The van der Waals surface area contributed by atoms with Gasteiger partial charge in [-0.3, -0.25) is 0 Å². The molecule has 0 atom stereocenters. The average Bonchev–Trinajstić information content (AvgIpc) is 3.89. The van der Waals surface area contributed by atoms with Crippen LogP contribution in [0.2, 0.25) is 0 Å². The monoisotopic (exact) mass is 799 g/mol. The highest BCUT2D eigenvalue weighted by Gasteiger charge is 2.41. The fraction of sp³-hybridized carbons (Fsp3) is 0.207. The number of anilines is 2. The quantitative estimate of drug-likeness (QED) is 0.180. The van der Waals surface area contributed by atoms with Gasteiger partial charge in [-0.15, -0.1) is 0 Å². The summed E-state index contributed by atoms with van der Waals surface area (Å²) in [5.41, 5.74) is 22.0. The van der Waals surface area contributed by atoms with Gasteiger partial charge in [-0.05, 0) is 122 Å². The third kappa shape index (κ3) is 4.68. The molecule has 299 valence electrons. The van der Waals surface area contributed by atoms with Crippen molar-refractivity contribution in [3.05, 3.63) is 161 Å². The molecule has 1 aliphatic heterocycles. The van der Waals surface area contributed by atoms with Crippen molar-refractivity contribution in [2.75, 3.05) is 5.32 Å². The van der Waals surface area contributed by atoms with E-state index in [0.717, 1.165) is 27.6 Å². The Balaban J connectivity index is 1.16. The number of aromatic nitrogens is 1. The molecular weight excluding hydrogens is 751 g/mol. The largest absolute Gasteiger partial charge is 0.456 e. The molecule has 4 heteroatoms. The molecule has 2 aromatic heterocycles. The van der Waals surface area contributed by atoms with E-state index in [-0.39, 0.29) is 16.2 Å². The van der Waals surface area contributed by atoms with E-state index in [1.807, 2.05) is 0 Å². The van der Waals surface area contributed by atoms with E-state index in [2.05, 4.69) is 199 Å². The van der Waals surface area contributed by atoms with Crippen LogP contribution in [0.15, 0.2) is 138 Å². The number of furan rings is 1. The molecule has 0 fully saturated rings. The van der Waals surface area contributed by atoms with Crippen molar-refractivity contribution in [1.29, 1.82) is 0 Å². The molecule has 10 aromatic rings. The Morgan fingerprint density at radius 1 is 0.581 bits per heavy atom. The van der Waals surface area contributed by atoms with Gasteiger partial charge in [-0.1, -0.05) is 150 Å². The Morgan fingerprint density at radius 3 is 2.15 bits per heavy atom. The van der Waals surface area contributed by atoms with Gasteiger partial charge in [0.05, 0.1) is 16.6 Å². The number of hydrogen-bond donors (Lipinski definition) is 1. The summed E-state index contributed by atoms with van der Waals surface area (Å²) in [6.45, 7) is 16.8. The van der Waals surface area contributed by atoms with Crippen molar-refractivity contribution in [2.45, 2.75) is 77.6 Å². The molecule has 0 amide bonds. The zero-order valence-corrected chi connectivity index (χ0v) is 36.5. The second kappa shape index (κ2) is 12.1. The van der Waals surface area contributed by atoms with Crippen LogP contribution < -0.4 is 16.2 Å². The standard InChI is InChI=1S/C58H48BN2O/c1-32-29-41-42(57(4,5)28-27-56(41,2)3)31-45(32)60-44-25-24-36-35-17-10-12-20-40(35)58(6,7)52(36)50(44)39-30-48-51(37-18-11-13-22-47(37)62-48)55-53(39)59-43-21-14-19-38-49-34-16-9-8-15-33(34)23-26-46(49)61(55)54(38)43/h8-26,29-31,60H,27-28H2,1-7H3. The van der Waals surface area contributed by atoms with Crippen LogP contribution >= 0.6 is 0 Å². The minimum Gasteiger partial charge on any atom is -0.456 e. The van der Waals surface area contributed by atoms with Crippen LogP contribution in [0.3, 0.4) is 0 Å². The molecule has 3 nitrogen and oxygen atoms in total. The third-order valence-electron chi connectivity index (χ3n) is 15.4. The fourth-order valence-electron chi connectivity index (χ4n) is 12.1. The van der Waals surface area contributed by atoms with E-state index in [9.17, 15) is 0 Å². The Morgan fingerprint density at radius 2 is 1.31 bits per heavy atom. The molecule has 8 aromatic carbocycles. The Hall–Kier alpha value is -6.52. The Kier molecular flexibility index (Phi) is 7.06. The topological polar surface area (TPSA) is 30.1 Å². The van der Waals surface area contributed by atoms with E-state index < -0.39 is 0 Å². The number of nitrogens with zero attached hydrogens (tertiary/aromatic N) is 1. The lowest BCUT2D eigenvalue weighted by molar-refractivity contribution is 0.332. The van der Waals surface area contributed by atoms with E-state index >= 15 is 0 Å². The van der Waals surface area contributed by atoms with Crippen LogP contribution in [0.25, 0.3) is 82.5 Å². The molecular formula is C58H48BN2O. The maximum Gasteiger partial charge on any atom is 0.197 e. The van der Waals surface area contributed by atoms with Crippen molar-refractivity contribution >= 4 is 84.1 Å². The number of aryl methyl sites for hydroxylation is 1. The van der Waals surface area contributed by atoms with Gasteiger partial charge in [0.2, 0.25) is 0 Å². The molecule has 62 heavy (non-hydrogen) atoms. The fourth-order valence-corrected chi connectivity index (χ4v) is 12.1. The average molecular weight is 800 g/mol. The van der Waals surface area contributed by atoms with Crippen LogP contribution in [0.1, 0.15) is 82.2 Å². The highest BCUT2D eigenvalue weighted by atomic mass is 16.3. The predicted octanol–water partition coefficient (Wildman–Crippen LogP) is 14.2. The number of hydrogen-bond acceptors (Lipinski definition) is 2. The molecule has 0 unspecified atom stereocenters. The van der Waals surface area contributed by atoms with E-state index in [4.69, 9.17) is 4.42 Å². The normalized spacial score (nSPS) is 16.4. The highest BCUT2D eigenvalue weighted by molar-refractivity contribution is 6.74. The highest BCUT2D eigenvalue weighted by Crippen LogP contribution is 2.56. The molecule has 1 N–H and O–H groups in total. The number of fused-ring (bicyclic) bond motifs is 15. The lowest BCUT2D eigenvalue weighted by Gasteiger charge is -2.42. The first-order valence-corrected chi connectivity index (χ1v) is 22.4. The second-order valence-corrected chi connectivity index (χ2v) is 20.2.